The van der Waals surface area contributed by atoms with Gasteiger partial charge in [0.25, 0.3) is 12.1 Å². The highest BCUT2D eigenvalue weighted by atomic mass is 32.2. The molecule has 1 aromatic rings. The fourth-order valence-corrected chi connectivity index (χ4v) is 2.64. The predicted octanol–water partition coefficient (Wildman–Crippen LogP) is 1.66. The van der Waals surface area contributed by atoms with Crippen LogP contribution in [0.4, 0.5) is 14.5 Å². The second kappa shape index (κ2) is 6.71. The Labute approximate surface area is 115 Å². The van der Waals surface area contributed by atoms with Gasteiger partial charge in [-0.1, -0.05) is 12.1 Å². The molecule has 0 radical (unpaired) electrons. The number of alkyl halides is 2. The van der Waals surface area contributed by atoms with E-state index >= 15 is 0 Å². The zero-order valence-electron chi connectivity index (χ0n) is 10.7. The molecule has 0 aromatic heterocycles. The highest BCUT2D eigenvalue weighted by Crippen LogP contribution is 2.13. The SMILES string of the molecule is CN(CC(F)F)S(=O)(=O)CCc1ccc([N+](=O)[O-])cc1. The molecule has 0 aliphatic heterocycles. The zero-order chi connectivity index (χ0) is 15.3. The molecule has 0 bridgehead atoms. The van der Waals surface area contributed by atoms with Gasteiger partial charge in [-0.15, -0.1) is 0 Å². The van der Waals surface area contributed by atoms with Crippen molar-refractivity contribution in [2.24, 2.45) is 0 Å². The van der Waals surface area contributed by atoms with E-state index in [0.29, 0.717) is 9.87 Å². The number of benzene rings is 1. The second-order valence-corrected chi connectivity index (χ2v) is 6.36. The molecular formula is C11H14F2N2O4S. The normalized spacial score (nSPS) is 12.1. The molecule has 0 saturated carbocycles. The Bertz CT molecular complexity index is 560. The first-order valence-electron chi connectivity index (χ1n) is 5.68. The van der Waals surface area contributed by atoms with E-state index in [1.54, 1.807) is 0 Å². The lowest BCUT2D eigenvalue weighted by Gasteiger charge is -2.16. The van der Waals surface area contributed by atoms with E-state index in [0.717, 1.165) is 7.05 Å². The van der Waals surface area contributed by atoms with Gasteiger partial charge in [-0.25, -0.2) is 17.2 Å². The van der Waals surface area contributed by atoms with Gasteiger partial charge in [-0.2, -0.15) is 4.31 Å². The molecule has 6 nitrogen and oxygen atoms in total. The van der Waals surface area contributed by atoms with Crippen molar-refractivity contribution < 1.29 is 22.1 Å². The summed E-state index contributed by atoms with van der Waals surface area (Å²) in [6, 6.07) is 5.43. The van der Waals surface area contributed by atoms with Gasteiger partial charge in [-0.3, -0.25) is 10.1 Å². The van der Waals surface area contributed by atoms with E-state index in [9.17, 15) is 27.3 Å². The maximum atomic E-state index is 12.1. The summed E-state index contributed by atoms with van der Waals surface area (Å²) >= 11 is 0. The van der Waals surface area contributed by atoms with Crippen molar-refractivity contribution >= 4 is 15.7 Å². The van der Waals surface area contributed by atoms with Gasteiger partial charge in [-0.05, 0) is 12.0 Å². The first kappa shape index (κ1) is 16.4. The molecule has 0 heterocycles. The standard InChI is InChI=1S/C11H14F2N2O4S/c1-14(8-11(12)13)20(18,19)7-6-9-2-4-10(5-3-9)15(16)17/h2-5,11H,6-8H2,1H3. The van der Waals surface area contributed by atoms with Crippen LogP contribution in [-0.2, 0) is 16.4 Å². The first-order valence-corrected chi connectivity index (χ1v) is 7.29. The Kier molecular flexibility index (Phi) is 5.52. The van der Waals surface area contributed by atoms with E-state index in [2.05, 4.69) is 0 Å². The van der Waals surface area contributed by atoms with E-state index in [4.69, 9.17) is 0 Å². The van der Waals surface area contributed by atoms with Crippen LogP contribution in [0.5, 0.6) is 0 Å². The molecule has 0 fully saturated rings. The minimum Gasteiger partial charge on any atom is -0.258 e. The van der Waals surface area contributed by atoms with Gasteiger partial charge in [0, 0.05) is 19.2 Å². The molecule has 112 valence electrons. The largest absolute Gasteiger partial charge is 0.269 e. The van der Waals surface area contributed by atoms with Gasteiger partial charge in [0.05, 0.1) is 17.2 Å². The minimum absolute atomic E-state index is 0.0913. The Morgan fingerprint density at radius 1 is 1.30 bits per heavy atom. The number of nitrogens with zero attached hydrogens (tertiary/aromatic N) is 2. The summed E-state index contributed by atoms with van der Waals surface area (Å²) in [5, 5.41) is 10.5. The molecule has 0 unspecified atom stereocenters. The fraction of sp³-hybridized carbons (Fsp3) is 0.455. The van der Waals surface area contributed by atoms with Crippen molar-refractivity contribution in [3.63, 3.8) is 0 Å². The molecule has 0 spiro atoms. The van der Waals surface area contributed by atoms with Crippen LogP contribution in [0.1, 0.15) is 5.56 Å². The molecule has 0 N–H and O–H groups in total. The summed E-state index contributed by atoms with van der Waals surface area (Å²) in [5.41, 5.74) is 0.496. The van der Waals surface area contributed by atoms with Crippen LogP contribution < -0.4 is 0 Å². The lowest BCUT2D eigenvalue weighted by molar-refractivity contribution is -0.384. The van der Waals surface area contributed by atoms with Crippen molar-refractivity contribution in [1.29, 1.82) is 0 Å². The Hall–Kier alpha value is -1.61. The Morgan fingerprint density at radius 3 is 2.30 bits per heavy atom. The van der Waals surface area contributed by atoms with Crippen LogP contribution in [0.2, 0.25) is 0 Å². The number of sulfonamides is 1. The maximum Gasteiger partial charge on any atom is 0.269 e. The third-order valence-corrected chi connectivity index (χ3v) is 4.48. The molecule has 0 aliphatic carbocycles. The highest BCUT2D eigenvalue weighted by Gasteiger charge is 2.21. The predicted molar refractivity (Wildman–Crippen MR) is 69.2 cm³/mol. The summed E-state index contributed by atoms with van der Waals surface area (Å²) in [5.74, 6) is -0.325. The molecule has 1 rings (SSSR count). The molecule has 0 aliphatic rings. The monoisotopic (exact) mass is 308 g/mol. The number of hydrogen-bond acceptors (Lipinski definition) is 4. The van der Waals surface area contributed by atoms with Crippen LogP contribution in [0.15, 0.2) is 24.3 Å². The van der Waals surface area contributed by atoms with E-state index in [-0.39, 0.29) is 17.9 Å². The average molecular weight is 308 g/mol. The number of halogens is 2. The van der Waals surface area contributed by atoms with Gasteiger partial charge < -0.3 is 0 Å². The molecule has 1 aromatic carbocycles. The lowest BCUT2D eigenvalue weighted by Crippen LogP contribution is -2.33. The van der Waals surface area contributed by atoms with Crippen LogP contribution in [0, 0.1) is 10.1 Å². The maximum absolute atomic E-state index is 12.1. The molecule has 0 amide bonds. The smallest absolute Gasteiger partial charge is 0.258 e. The van der Waals surface area contributed by atoms with Crippen molar-refractivity contribution in [2.75, 3.05) is 19.3 Å². The van der Waals surface area contributed by atoms with E-state index in [1.165, 1.54) is 24.3 Å². The van der Waals surface area contributed by atoms with Crippen molar-refractivity contribution in [1.82, 2.24) is 4.31 Å². The zero-order valence-corrected chi connectivity index (χ0v) is 11.5. The van der Waals surface area contributed by atoms with Crippen LogP contribution in [0.25, 0.3) is 0 Å². The van der Waals surface area contributed by atoms with Gasteiger partial charge in [0.15, 0.2) is 0 Å². The first-order chi connectivity index (χ1) is 9.22. The molecule has 0 atom stereocenters. The number of nitro benzene ring substituents is 1. The lowest BCUT2D eigenvalue weighted by atomic mass is 10.1. The second-order valence-electron chi connectivity index (χ2n) is 4.16. The van der Waals surface area contributed by atoms with Crippen LogP contribution in [0.3, 0.4) is 0 Å². The van der Waals surface area contributed by atoms with Gasteiger partial charge in [0.1, 0.15) is 0 Å². The summed E-state index contributed by atoms with van der Waals surface area (Å²) in [7, 11) is -2.67. The number of hydrogen-bond donors (Lipinski definition) is 0. The molecular weight excluding hydrogens is 294 g/mol. The minimum atomic E-state index is -3.76. The van der Waals surface area contributed by atoms with Crippen LogP contribution in [-0.4, -0.2) is 43.4 Å². The van der Waals surface area contributed by atoms with Crippen molar-refractivity contribution in [2.45, 2.75) is 12.8 Å². The van der Waals surface area contributed by atoms with Gasteiger partial charge >= 0.3 is 0 Å². The Balaban J connectivity index is 2.64. The quantitative estimate of drug-likeness (QED) is 0.567. The highest BCUT2D eigenvalue weighted by molar-refractivity contribution is 7.89. The van der Waals surface area contributed by atoms with E-state index in [1.807, 2.05) is 0 Å². The number of aryl methyl sites for hydroxylation is 1. The summed E-state index contributed by atoms with van der Waals surface area (Å²) < 4.78 is 48.3. The van der Waals surface area contributed by atoms with Crippen LogP contribution >= 0.6 is 0 Å². The van der Waals surface area contributed by atoms with Crippen molar-refractivity contribution in [3.8, 4) is 0 Å². The third kappa shape index (κ3) is 4.82. The summed E-state index contributed by atoms with van der Waals surface area (Å²) in [6.45, 7) is -0.845. The van der Waals surface area contributed by atoms with E-state index < -0.39 is 27.9 Å². The van der Waals surface area contributed by atoms with Gasteiger partial charge in [0.2, 0.25) is 10.0 Å². The number of non-ortho nitro benzene ring substituents is 1. The summed E-state index contributed by atoms with van der Waals surface area (Å²) in [6.07, 6.45) is -2.62. The Morgan fingerprint density at radius 2 is 1.85 bits per heavy atom. The molecule has 0 saturated heterocycles. The summed E-state index contributed by atoms with van der Waals surface area (Å²) in [4.78, 5) is 9.89. The average Bonchev–Trinajstić information content (AvgIpc) is 2.36. The molecule has 9 heteroatoms. The van der Waals surface area contributed by atoms with Crippen molar-refractivity contribution in [3.05, 3.63) is 39.9 Å². The topological polar surface area (TPSA) is 80.5 Å². The fourth-order valence-electron chi connectivity index (χ4n) is 1.49. The number of rotatable bonds is 7. The molecule has 20 heavy (non-hydrogen) atoms. The number of nitro groups is 1. The third-order valence-electron chi connectivity index (χ3n) is 2.67.